The molecular weight excluding hydrogens is 384 g/mol. The van der Waals surface area contributed by atoms with Gasteiger partial charge in [-0.3, -0.25) is 0 Å². The molecule has 0 saturated heterocycles. The molecule has 0 aliphatic heterocycles. The van der Waals surface area contributed by atoms with Crippen LogP contribution in [0.4, 0.5) is 5.69 Å². The summed E-state index contributed by atoms with van der Waals surface area (Å²) in [5, 5.41) is 7.05. The molecule has 0 spiro atoms. The molecule has 0 bridgehead atoms. The number of benzene rings is 2. The van der Waals surface area contributed by atoms with E-state index >= 15 is 0 Å². The Labute approximate surface area is 170 Å². The van der Waals surface area contributed by atoms with Crippen molar-refractivity contribution in [1.29, 1.82) is 0 Å². The Morgan fingerprint density at radius 2 is 1.93 bits per heavy atom. The zero-order valence-electron chi connectivity index (χ0n) is 15.4. The topological polar surface area (TPSA) is 59.6 Å². The van der Waals surface area contributed by atoms with Crippen molar-refractivity contribution in [2.24, 2.45) is 0 Å². The maximum Gasteiger partial charge on any atom is 0.339 e. The predicted octanol–water partition coefficient (Wildman–Crippen LogP) is 4.44. The highest BCUT2D eigenvalue weighted by Crippen LogP contribution is 2.21. The molecule has 0 amide bonds. The molecular formula is C20H23ClN2O3S. The summed E-state index contributed by atoms with van der Waals surface area (Å²) >= 11 is 11.4. The number of aryl methyl sites for hydroxylation is 1. The molecule has 0 saturated carbocycles. The van der Waals surface area contributed by atoms with Crippen LogP contribution in [0.15, 0.2) is 42.5 Å². The van der Waals surface area contributed by atoms with Crippen LogP contribution >= 0.6 is 23.8 Å². The van der Waals surface area contributed by atoms with E-state index in [0.29, 0.717) is 28.0 Å². The molecule has 0 radical (unpaired) electrons. The summed E-state index contributed by atoms with van der Waals surface area (Å²) < 4.78 is 10.1. The molecule has 27 heavy (non-hydrogen) atoms. The van der Waals surface area contributed by atoms with Crippen molar-refractivity contribution < 1.29 is 14.3 Å². The maximum atomic E-state index is 11.9. The van der Waals surface area contributed by atoms with E-state index < -0.39 is 5.97 Å². The number of methoxy groups -OCH3 is 1. The van der Waals surface area contributed by atoms with Crippen LogP contribution in [0.25, 0.3) is 0 Å². The van der Waals surface area contributed by atoms with Gasteiger partial charge in [-0.2, -0.15) is 0 Å². The third-order valence-electron chi connectivity index (χ3n) is 3.81. The summed E-state index contributed by atoms with van der Waals surface area (Å²) in [5.74, 6) is 0.400. The average Bonchev–Trinajstić information content (AvgIpc) is 2.67. The normalized spacial score (nSPS) is 10.2. The fourth-order valence-corrected chi connectivity index (χ4v) is 2.84. The quantitative estimate of drug-likeness (QED) is 0.384. The largest absolute Gasteiger partial charge is 0.497 e. The van der Waals surface area contributed by atoms with Gasteiger partial charge in [-0.1, -0.05) is 23.7 Å². The molecule has 2 rings (SSSR count). The smallest absolute Gasteiger partial charge is 0.339 e. The van der Waals surface area contributed by atoms with Crippen LogP contribution in [0.5, 0.6) is 5.75 Å². The molecule has 0 aliphatic carbocycles. The SMILES string of the molecule is CCOC(=O)c1cc(NC(=S)NCCCc2ccc(OC)cc2)ccc1Cl. The summed E-state index contributed by atoms with van der Waals surface area (Å²) in [5.41, 5.74) is 2.23. The van der Waals surface area contributed by atoms with Gasteiger partial charge in [0.2, 0.25) is 0 Å². The molecule has 0 atom stereocenters. The van der Waals surface area contributed by atoms with E-state index in [0.717, 1.165) is 25.1 Å². The first-order valence-corrected chi connectivity index (χ1v) is 9.46. The van der Waals surface area contributed by atoms with Crippen LogP contribution in [0.1, 0.15) is 29.3 Å². The van der Waals surface area contributed by atoms with Crippen molar-refractivity contribution in [3.05, 3.63) is 58.6 Å². The summed E-state index contributed by atoms with van der Waals surface area (Å²) in [6.07, 6.45) is 1.87. The van der Waals surface area contributed by atoms with Gasteiger partial charge in [-0.05, 0) is 67.9 Å². The van der Waals surface area contributed by atoms with Crippen LogP contribution in [0, 0.1) is 0 Å². The zero-order valence-corrected chi connectivity index (χ0v) is 17.0. The van der Waals surface area contributed by atoms with Gasteiger partial charge in [0.25, 0.3) is 0 Å². The van der Waals surface area contributed by atoms with Gasteiger partial charge in [0, 0.05) is 12.2 Å². The Kier molecular flexibility index (Phi) is 8.36. The van der Waals surface area contributed by atoms with Crippen molar-refractivity contribution >= 4 is 40.6 Å². The number of thiocarbonyl (C=S) groups is 1. The Morgan fingerprint density at radius 3 is 2.59 bits per heavy atom. The Morgan fingerprint density at radius 1 is 1.19 bits per heavy atom. The van der Waals surface area contributed by atoms with Crippen LogP contribution < -0.4 is 15.4 Å². The van der Waals surface area contributed by atoms with E-state index in [9.17, 15) is 4.79 Å². The maximum absolute atomic E-state index is 11.9. The minimum atomic E-state index is -0.454. The molecule has 2 N–H and O–H groups in total. The van der Waals surface area contributed by atoms with Gasteiger partial charge in [-0.25, -0.2) is 4.79 Å². The van der Waals surface area contributed by atoms with Crippen LogP contribution in [0.2, 0.25) is 5.02 Å². The van der Waals surface area contributed by atoms with Crippen molar-refractivity contribution in [3.63, 3.8) is 0 Å². The number of hydrogen-bond acceptors (Lipinski definition) is 4. The lowest BCUT2D eigenvalue weighted by atomic mass is 10.1. The Hall–Kier alpha value is -2.31. The molecule has 144 valence electrons. The zero-order chi connectivity index (χ0) is 19.6. The summed E-state index contributed by atoms with van der Waals surface area (Å²) in [6.45, 7) is 2.77. The Balaban J connectivity index is 1.79. The first-order chi connectivity index (χ1) is 13.0. The second kappa shape index (κ2) is 10.7. The lowest BCUT2D eigenvalue weighted by molar-refractivity contribution is 0.0526. The van der Waals surface area contributed by atoms with Gasteiger partial charge in [0.05, 0.1) is 24.3 Å². The fraction of sp³-hybridized carbons (Fsp3) is 0.300. The van der Waals surface area contributed by atoms with Crippen molar-refractivity contribution in [1.82, 2.24) is 5.32 Å². The average molecular weight is 407 g/mol. The van der Waals surface area contributed by atoms with Gasteiger partial charge >= 0.3 is 5.97 Å². The molecule has 2 aromatic carbocycles. The number of esters is 1. The number of hydrogen-bond donors (Lipinski definition) is 2. The Bertz CT molecular complexity index is 781. The summed E-state index contributed by atoms with van der Waals surface area (Å²) in [4.78, 5) is 11.9. The first-order valence-electron chi connectivity index (χ1n) is 8.68. The number of anilines is 1. The van der Waals surface area contributed by atoms with E-state index in [2.05, 4.69) is 22.8 Å². The van der Waals surface area contributed by atoms with Crippen molar-refractivity contribution in [2.75, 3.05) is 25.6 Å². The second-order valence-corrected chi connectivity index (χ2v) is 6.56. The number of halogens is 1. The van der Waals surface area contributed by atoms with Crippen LogP contribution in [0.3, 0.4) is 0 Å². The third kappa shape index (κ3) is 6.73. The van der Waals surface area contributed by atoms with E-state index in [1.54, 1.807) is 32.2 Å². The number of ether oxygens (including phenoxy) is 2. The molecule has 0 unspecified atom stereocenters. The molecule has 7 heteroatoms. The summed E-state index contributed by atoms with van der Waals surface area (Å²) in [6, 6.07) is 13.1. The van der Waals surface area contributed by atoms with Gasteiger partial charge in [0.1, 0.15) is 5.75 Å². The lowest BCUT2D eigenvalue weighted by Crippen LogP contribution is -2.29. The highest BCUT2D eigenvalue weighted by molar-refractivity contribution is 7.80. The number of nitrogens with one attached hydrogen (secondary N) is 2. The lowest BCUT2D eigenvalue weighted by Gasteiger charge is -2.12. The number of rotatable bonds is 8. The highest BCUT2D eigenvalue weighted by atomic mass is 35.5. The first kappa shape index (κ1) is 21.0. The number of carbonyl (C=O) groups excluding carboxylic acids is 1. The molecule has 0 fully saturated rings. The third-order valence-corrected chi connectivity index (χ3v) is 4.38. The molecule has 2 aromatic rings. The number of carbonyl (C=O) groups is 1. The second-order valence-electron chi connectivity index (χ2n) is 5.75. The van der Waals surface area contributed by atoms with E-state index in [1.807, 2.05) is 12.1 Å². The molecule has 0 aliphatic rings. The van der Waals surface area contributed by atoms with E-state index in [-0.39, 0.29) is 0 Å². The predicted molar refractivity (Wildman–Crippen MR) is 113 cm³/mol. The minimum Gasteiger partial charge on any atom is -0.497 e. The fourth-order valence-electron chi connectivity index (χ4n) is 2.43. The standard InChI is InChI=1S/C20H23ClN2O3S/c1-3-26-19(24)17-13-15(8-11-18(17)21)23-20(27)22-12-4-5-14-6-9-16(25-2)10-7-14/h6-11,13H,3-5,12H2,1-2H3,(H2,22,23,27). The van der Waals surface area contributed by atoms with Crippen LogP contribution in [-0.2, 0) is 11.2 Å². The van der Waals surface area contributed by atoms with E-state index in [4.69, 9.17) is 33.3 Å². The van der Waals surface area contributed by atoms with Gasteiger partial charge in [0.15, 0.2) is 5.11 Å². The molecule has 5 nitrogen and oxygen atoms in total. The monoisotopic (exact) mass is 406 g/mol. The van der Waals surface area contributed by atoms with Gasteiger partial charge < -0.3 is 20.1 Å². The van der Waals surface area contributed by atoms with Crippen LogP contribution in [-0.4, -0.2) is 31.3 Å². The highest BCUT2D eigenvalue weighted by Gasteiger charge is 2.12. The molecule has 0 aromatic heterocycles. The van der Waals surface area contributed by atoms with Crippen molar-refractivity contribution in [2.45, 2.75) is 19.8 Å². The summed E-state index contributed by atoms with van der Waals surface area (Å²) in [7, 11) is 1.66. The van der Waals surface area contributed by atoms with Crippen molar-refractivity contribution in [3.8, 4) is 5.75 Å². The van der Waals surface area contributed by atoms with Gasteiger partial charge in [-0.15, -0.1) is 0 Å². The molecule has 0 heterocycles. The minimum absolute atomic E-state index is 0.293. The van der Waals surface area contributed by atoms with E-state index in [1.165, 1.54) is 5.56 Å².